The van der Waals surface area contributed by atoms with Crippen molar-refractivity contribution < 1.29 is 16.8 Å². The summed E-state index contributed by atoms with van der Waals surface area (Å²) < 4.78 is 51.8. The first kappa shape index (κ1) is 17.6. The molecule has 1 N–H and O–H groups in total. The van der Waals surface area contributed by atoms with Gasteiger partial charge in [0.2, 0.25) is 10.0 Å². The zero-order chi connectivity index (χ0) is 18.1. The van der Waals surface area contributed by atoms with Gasteiger partial charge in [-0.1, -0.05) is 6.07 Å². The number of nitrogens with zero attached hydrogens (tertiary/aromatic N) is 2. The molecular weight excluding hydrogens is 362 g/mol. The minimum absolute atomic E-state index is 0.0231. The summed E-state index contributed by atoms with van der Waals surface area (Å²) in [6, 6.07) is 10.8. The first-order valence-corrected chi connectivity index (χ1v) is 10.9. The number of imidazole rings is 1. The molecule has 132 valence electrons. The standard InChI is InChI=1S/C16H17N3O4S2/c1-24(20,21)14-5-7-15(8-6-14)25(22,23)17-10-9-13-12-19-11-3-2-4-16(19)18-13/h2-8,11-12,17H,9-10H2,1H3. The van der Waals surface area contributed by atoms with Gasteiger partial charge < -0.3 is 4.40 Å². The van der Waals surface area contributed by atoms with Crippen molar-refractivity contribution in [3.8, 4) is 0 Å². The Hall–Kier alpha value is -2.23. The smallest absolute Gasteiger partial charge is 0.240 e. The molecule has 2 heterocycles. The van der Waals surface area contributed by atoms with Gasteiger partial charge in [0, 0.05) is 31.6 Å². The van der Waals surface area contributed by atoms with Crippen molar-refractivity contribution >= 4 is 25.5 Å². The molecule has 0 amide bonds. The fourth-order valence-electron chi connectivity index (χ4n) is 2.37. The molecule has 9 heteroatoms. The predicted octanol–water partition coefficient (Wildman–Crippen LogP) is 1.26. The Kier molecular flexibility index (Phi) is 4.63. The number of pyridine rings is 1. The Morgan fingerprint density at radius 1 is 1.00 bits per heavy atom. The van der Waals surface area contributed by atoms with Crippen molar-refractivity contribution in [2.45, 2.75) is 16.2 Å². The van der Waals surface area contributed by atoms with Crippen LogP contribution >= 0.6 is 0 Å². The highest BCUT2D eigenvalue weighted by Gasteiger charge is 2.15. The van der Waals surface area contributed by atoms with Crippen LogP contribution in [0.4, 0.5) is 0 Å². The maximum absolute atomic E-state index is 12.3. The molecule has 0 saturated heterocycles. The third kappa shape index (κ3) is 4.06. The van der Waals surface area contributed by atoms with Crippen LogP contribution in [0.5, 0.6) is 0 Å². The lowest BCUT2D eigenvalue weighted by molar-refractivity contribution is 0.580. The molecule has 7 nitrogen and oxygen atoms in total. The third-order valence-electron chi connectivity index (χ3n) is 3.65. The summed E-state index contributed by atoms with van der Waals surface area (Å²) in [6.45, 7) is 0.194. The van der Waals surface area contributed by atoms with Crippen molar-refractivity contribution in [1.82, 2.24) is 14.1 Å². The number of rotatable bonds is 6. The Bertz CT molecular complexity index is 1070. The lowest BCUT2D eigenvalue weighted by Crippen LogP contribution is -2.26. The fraction of sp³-hybridized carbons (Fsp3) is 0.188. The van der Waals surface area contributed by atoms with Crippen LogP contribution in [0.25, 0.3) is 5.65 Å². The van der Waals surface area contributed by atoms with Crippen molar-refractivity contribution in [2.75, 3.05) is 12.8 Å². The maximum atomic E-state index is 12.3. The van der Waals surface area contributed by atoms with Gasteiger partial charge in [-0.2, -0.15) is 0 Å². The zero-order valence-electron chi connectivity index (χ0n) is 13.5. The number of sulfone groups is 1. The van der Waals surface area contributed by atoms with Gasteiger partial charge in [-0.05, 0) is 36.4 Å². The molecule has 2 aromatic heterocycles. The van der Waals surface area contributed by atoms with E-state index in [0.29, 0.717) is 6.42 Å². The maximum Gasteiger partial charge on any atom is 0.240 e. The van der Waals surface area contributed by atoms with E-state index < -0.39 is 19.9 Å². The molecule has 0 radical (unpaired) electrons. The summed E-state index contributed by atoms with van der Waals surface area (Å²) in [5.41, 5.74) is 1.58. The van der Waals surface area contributed by atoms with Gasteiger partial charge in [-0.25, -0.2) is 26.5 Å². The molecular formula is C16H17N3O4S2. The molecule has 0 fully saturated rings. The molecule has 0 aliphatic rings. The average molecular weight is 379 g/mol. The fourth-order valence-corrected chi connectivity index (χ4v) is 4.03. The number of hydrogen-bond donors (Lipinski definition) is 1. The highest BCUT2D eigenvalue weighted by atomic mass is 32.2. The summed E-state index contributed by atoms with van der Waals surface area (Å²) in [6.07, 6.45) is 5.25. The Morgan fingerprint density at radius 2 is 1.68 bits per heavy atom. The van der Waals surface area contributed by atoms with Crippen molar-refractivity contribution in [2.24, 2.45) is 0 Å². The number of aromatic nitrogens is 2. The molecule has 0 spiro atoms. The Labute approximate surface area is 146 Å². The van der Waals surface area contributed by atoms with E-state index in [1.807, 2.05) is 35.0 Å². The van der Waals surface area contributed by atoms with Gasteiger partial charge in [-0.3, -0.25) is 0 Å². The second kappa shape index (κ2) is 6.58. The van der Waals surface area contributed by atoms with Gasteiger partial charge >= 0.3 is 0 Å². The highest BCUT2D eigenvalue weighted by molar-refractivity contribution is 7.90. The van der Waals surface area contributed by atoms with E-state index in [1.54, 1.807) is 0 Å². The van der Waals surface area contributed by atoms with Crippen LogP contribution in [0.2, 0.25) is 0 Å². The normalized spacial score (nSPS) is 12.5. The molecule has 0 aliphatic heterocycles. The number of benzene rings is 1. The molecule has 0 saturated carbocycles. The molecule has 3 aromatic rings. The quantitative estimate of drug-likeness (QED) is 0.695. The van der Waals surface area contributed by atoms with E-state index in [2.05, 4.69) is 9.71 Å². The van der Waals surface area contributed by atoms with Crippen molar-refractivity contribution in [3.05, 3.63) is 60.6 Å². The highest BCUT2D eigenvalue weighted by Crippen LogP contribution is 2.14. The van der Waals surface area contributed by atoms with Crippen LogP contribution in [0.1, 0.15) is 5.69 Å². The second-order valence-electron chi connectivity index (χ2n) is 5.59. The van der Waals surface area contributed by atoms with E-state index >= 15 is 0 Å². The lowest BCUT2D eigenvalue weighted by atomic mass is 10.3. The molecule has 0 unspecified atom stereocenters. The summed E-state index contributed by atoms with van der Waals surface area (Å²) in [5.74, 6) is 0. The van der Waals surface area contributed by atoms with Crippen LogP contribution in [-0.2, 0) is 26.3 Å². The van der Waals surface area contributed by atoms with Crippen LogP contribution in [0.15, 0.2) is 64.6 Å². The largest absolute Gasteiger partial charge is 0.307 e. The number of fused-ring (bicyclic) bond motifs is 1. The van der Waals surface area contributed by atoms with E-state index in [1.165, 1.54) is 24.3 Å². The SMILES string of the molecule is CS(=O)(=O)c1ccc(S(=O)(=O)NCCc2cn3ccccc3n2)cc1. The summed E-state index contributed by atoms with van der Waals surface area (Å²) in [4.78, 5) is 4.51. The van der Waals surface area contributed by atoms with Crippen LogP contribution < -0.4 is 4.72 Å². The van der Waals surface area contributed by atoms with E-state index in [4.69, 9.17) is 0 Å². The van der Waals surface area contributed by atoms with Crippen LogP contribution in [0, 0.1) is 0 Å². The second-order valence-corrected chi connectivity index (χ2v) is 9.37. The zero-order valence-corrected chi connectivity index (χ0v) is 15.1. The molecule has 25 heavy (non-hydrogen) atoms. The Balaban J connectivity index is 1.67. The minimum atomic E-state index is -3.70. The van der Waals surface area contributed by atoms with Gasteiger partial charge in [0.1, 0.15) is 5.65 Å². The summed E-state index contributed by atoms with van der Waals surface area (Å²) >= 11 is 0. The summed E-state index contributed by atoms with van der Waals surface area (Å²) in [5, 5.41) is 0. The predicted molar refractivity (Wildman–Crippen MR) is 93.6 cm³/mol. The first-order chi connectivity index (χ1) is 11.8. The molecule has 0 atom stereocenters. The van der Waals surface area contributed by atoms with E-state index in [9.17, 15) is 16.8 Å². The van der Waals surface area contributed by atoms with Gasteiger partial charge in [0.05, 0.1) is 15.5 Å². The summed E-state index contributed by atoms with van der Waals surface area (Å²) in [7, 11) is -7.06. The van der Waals surface area contributed by atoms with Gasteiger partial charge in [-0.15, -0.1) is 0 Å². The number of sulfonamides is 1. The average Bonchev–Trinajstić information content (AvgIpc) is 2.96. The number of nitrogens with one attached hydrogen (secondary N) is 1. The molecule has 3 rings (SSSR count). The molecule has 0 aliphatic carbocycles. The third-order valence-corrected chi connectivity index (χ3v) is 6.25. The van der Waals surface area contributed by atoms with Crippen molar-refractivity contribution in [3.63, 3.8) is 0 Å². The molecule has 1 aromatic carbocycles. The lowest BCUT2D eigenvalue weighted by Gasteiger charge is -2.06. The Morgan fingerprint density at radius 3 is 2.32 bits per heavy atom. The monoisotopic (exact) mass is 379 g/mol. The van der Waals surface area contributed by atoms with Crippen LogP contribution in [-0.4, -0.2) is 39.0 Å². The van der Waals surface area contributed by atoms with E-state index in [0.717, 1.165) is 17.6 Å². The van der Waals surface area contributed by atoms with Gasteiger partial charge in [0.15, 0.2) is 9.84 Å². The topological polar surface area (TPSA) is 97.6 Å². The minimum Gasteiger partial charge on any atom is -0.307 e. The molecule has 0 bridgehead atoms. The number of hydrogen-bond acceptors (Lipinski definition) is 5. The first-order valence-electron chi connectivity index (χ1n) is 7.48. The van der Waals surface area contributed by atoms with E-state index in [-0.39, 0.29) is 16.3 Å². The van der Waals surface area contributed by atoms with Crippen LogP contribution in [0.3, 0.4) is 0 Å². The van der Waals surface area contributed by atoms with Gasteiger partial charge in [0.25, 0.3) is 0 Å². The van der Waals surface area contributed by atoms with Crippen molar-refractivity contribution in [1.29, 1.82) is 0 Å².